The number of carbonyl (C=O) groups is 2. The fourth-order valence-corrected chi connectivity index (χ4v) is 4.21. The minimum absolute atomic E-state index is 0.0389. The molecule has 8 nitrogen and oxygen atoms in total. The van der Waals surface area contributed by atoms with Crippen molar-refractivity contribution >= 4 is 33.5 Å². The molecule has 1 aliphatic rings. The van der Waals surface area contributed by atoms with E-state index in [1.807, 2.05) is 0 Å². The lowest BCUT2D eigenvalue weighted by atomic mass is 10.2. The highest BCUT2D eigenvalue weighted by atomic mass is 35.5. The van der Waals surface area contributed by atoms with Crippen LogP contribution in [0.25, 0.3) is 0 Å². The maximum Gasteiger partial charge on any atom is 0.338 e. The van der Waals surface area contributed by atoms with Gasteiger partial charge in [0.05, 0.1) is 17.7 Å². The first-order valence-corrected chi connectivity index (χ1v) is 10.3. The fraction of sp³-hybridized carbons (Fsp3) is 0.529. The van der Waals surface area contributed by atoms with Crippen LogP contribution in [0.2, 0.25) is 5.02 Å². The molecule has 2 rings (SSSR count). The third-order valence-electron chi connectivity index (χ3n) is 4.40. The van der Waals surface area contributed by atoms with Gasteiger partial charge >= 0.3 is 5.97 Å². The van der Waals surface area contributed by atoms with Crippen molar-refractivity contribution in [1.82, 2.24) is 9.79 Å². The summed E-state index contributed by atoms with van der Waals surface area (Å²) in [7, 11) is -1.65. The van der Waals surface area contributed by atoms with Gasteiger partial charge in [-0.2, -0.15) is 0 Å². The van der Waals surface area contributed by atoms with Crippen LogP contribution in [0.1, 0.15) is 43.0 Å². The van der Waals surface area contributed by atoms with E-state index >= 15 is 0 Å². The number of esters is 1. The fourth-order valence-electron chi connectivity index (χ4n) is 2.74. The molecule has 0 bridgehead atoms. The molecule has 1 aromatic rings. The van der Waals surface area contributed by atoms with Gasteiger partial charge in [-0.1, -0.05) is 28.9 Å². The van der Waals surface area contributed by atoms with Crippen LogP contribution in [-0.4, -0.2) is 51.1 Å². The summed E-state index contributed by atoms with van der Waals surface area (Å²) in [4.78, 5) is 28.9. The van der Waals surface area contributed by atoms with Crippen LogP contribution in [0.3, 0.4) is 0 Å². The number of carbonyl (C=O) groups excluding carboxylic acids is 2. The molecule has 1 aliphatic carbocycles. The van der Waals surface area contributed by atoms with Crippen molar-refractivity contribution in [3.05, 3.63) is 28.8 Å². The predicted molar refractivity (Wildman–Crippen MR) is 98.7 cm³/mol. The van der Waals surface area contributed by atoms with Crippen molar-refractivity contribution in [1.29, 1.82) is 0 Å². The Balaban J connectivity index is 2.12. The molecule has 0 aliphatic heterocycles. The number of benzene rings is 1. The number of nitrogens with one attached hydrogen (secondary N) is 1. The summed E-state index contributed by atoms with van der Waals surface area (Å²) in [5, 5.41) is 2.78. The van der Waals surface area contributed by atoms with Crippen LogP contribution in [-0.2, 0) is 24.4 Å². The minimum Gasteiger partial charge on any atom is -0.449 e. The quantitative estimate of drug-likeness (QED) is 0.537. The smallest absolute Gasteiger partial charge is 0.338 e. The summed E-state index contributed by atoms with van der Waals surface area (Å²) in [6.45, 7) is 1.47. The lowest BCUT2D eigenvalue weighted by Gasteiger charge is -2.18. The Kier molecular flexibility index (Phi) is 7.21. The van der Waals surface area contributed by atoms with Gasteiger partial charge in [-0.3, -0.25) is 9.63 Å². The zero-order chi connectivity index (χ0) is 20.2. The molecule has 0 heterocycles. The third kappa shape index (κ3) is 5.19. The number of hydrogen-bond acceptors (Lipinski definition) is 6. The molecule has 1 saturated carbocycles. The number of ether oxygens (including phenoxy) is 1. The first-order valence-electron chi connectivity index (χ1n) is 8.50. The second-order valence-electron chi connectivity index (χ2n) is 6.28. The Morgan fingerprint density at radius 2 is 1.93 bits per heavy atom. The molecule has 150 valence electrons. The summed E-state index contributed by atoms with van der Waals surface area (Å²) in [6, 6.07) is 3.81. The number of sulfonamides is 1. The largest absolute Gasteiger partial charge is 0.449 e. The predicted octanol–water partition coefficient (Wildman–Crippen LogP) is 2.13. The molecule has 27 heavy (non-hydrogen) atoms. The van der Waals surface area contributed by atoms with Crippen LogP contribution >= 0.6 is 11.6 Å². The molecule has 1 fully saturated rings. The zero-order valence-corrected chi connectivity index (χ0v) is 17.0. The van der Waals surface area contributed by atoms with E-state index in [1.54, 1.807) is 0 Å². The Labute approximate surface area is 163 Å². The maximum absolute atomic E-state index is 12.4. The van der Waals surface area contributed by atoms with E-state index in [2.05, 4.69) is 5.32 Å². The van der Waals surface area contributed by atoms with Gasteiger partial charge in [0.15, 0.2) is 6.10 Å². The molecule has 1 atom stereocenters. The van der Waals surface area contributed by atoms with Gasteiger partial charge in [-0.05, 0) is 38.0 Å². The summed E-state index contributed by atoms with van der Waals surface area (Å²) in [5.74, 6) is -1.20. The van der Waals surface area contributed by atoms with Crippen molar-refractivity contribution in [2.75, 3.05) is 14.2 Å². The molecule has 1 aromatic carbocycles. The highest BCUT2D eigenvalue weighted by Gasteiger charge is 2.27. The summed E-state index contributed by atoms with van der Waals surface area (Å²) >= 11 is 5.96. The Morgan fingerprint density at radius 3 is 2.52 bits per heavy atom. The second kappa shape index (κ2) is 9.01. The number of nitrogens with zero attached hydrogens (tertiary/aromatic N) is 1. The SMILES string of the molecule is CON(C)S(=O)(=O)c1cc(C(=O)OC(C)C(=O)NC2CCCC2)ccc1Cl. The lowest BCUT2D eigenvalue weighted by Crippen LogP contribution is -2.40. The van der Waals surface area contributed by atoms with Crippen LogP contribution in [0.4, 0.5) is 0 Å². The van der Waals surface area contributed by atoms with Gasteiger partial charge in [0, 0.05) is 13.1 Å². The van der Waals surface area contributed by atoms with Gasteiger partial charge in [0.2, 0.25) is 0 Å². The van der Waals surface area contributed by atoms with E-state index in [9.17, 15) is 18.0 Å². The topological polar surface area (TPSA) is 102 Å². The van der Waals surface area contributed by atoms with Crippen molar-refractivity contribution in [2.45, 2.75) is 49.6 Å². The van der Waals surface area contributed by atoms with Crippen LogP contribution in [0.5, 0.6) is 0 Å². The van der Waals surface area contributed by atoms with Gasteiger partial charge in [-0.15, -0.1) is 0 Å². The second-order valence-corrected chi connectivity index (χ2v) is 8.59. The number of hydroxylamine groups is 1. The van der Waals surface area contributed by atoms with Gasteiger partial charge in [0.1, 0.15) is 4.90 Å². The van der Waals surface area contributed by atoms with E-state index in [0.717, 1.165) is 31.7 Å². The van der Waals surface area contributed by atoms with E-state index in [4.69, 9.17) is 21.2 Å². The van der Waals surface area contributed by atoms with E-state index < -0.39 is 22.1 Å². The summed E-state index contributed by atoms with van der Waals surface area (Å²) < 4.78 is 30.6. The maximum atomic E-state index is 12.4. The molecule has 1 amide bonds. The highest BCUT2D eigenvalue weighted by molar-refractivity contribution is 7.89. The molecule has 1 N–H and O–H groups in total. The standard InChI is InChI=1S/C17H23ClN2O6S/c1-11(16(21)19-13-6-4-5-7-13)26-17(22)12-8-9-14(18)15(10-12)27(23,24)20(2)25-3/h8-11,13H,4-7H2,1-3H3,(H,19,21). The molecule has 10 heteroatoms. The summed E-state index contributed by atoms with van der Waals surface area (Å²) in [6.07, 6.45) is 2.96. The third-order valence-corrected chi connectivity index (χ3v) is 6.56. The molecule has 0 aromatic heterocycles. The number of hydrogen-bond donors (Lipinski definition) is 1. The Morgan fingerprint density at radius 1 is 1.30 bits per heavy atom. The van der Waals surface area contributed by atoms with Crippen molar-refractivity contribution < 1.29 is 27.6 Å². The number of rotatable bonds is 7. The van der Waals surface area contributed by atoms with Crippen molar-refractivity contribution in [3.63, 3.8) is 0 Å². The molecule has 0 saturated heterocycles. The van der Waals surface area contributed by atoms with Crippen molar-refractivity contribution in [2.24, 2.45) is 0 Å². The Hall–Kier alpha value is -1.68. The van der Waals surface area contributed by atoms with Gasteiger partial charge in [0.25, 0.3) is 15.9 Å². The van der Waals surface area contributed by atoms with Gasteiger partial charge < -0.3 is 10.1 Å². The first-order chi connectivity index (χ1) is 12.7. The van der Waals surface area contributed by atoms with Crippen LogP contribution in [0, 0.1) is 0 Å². The normalized spacial score (nSPS) is 16.3. The molecular weight excluding hydrogens is 396 g/mol. The average Bonchev–Trinajstić information content (AvgIpc) is 3.13. The monoisotopic (exact) mass is 418 g/mol. The average molecular weight is 419 g/mol. The van der Waals surface area contributed by atoms with Crippen molar-refractivity contribution in [3.8, 4) is 0 Å². The zero-order valence-electron chi connectivity index (χ0n) is 15.4. The lowest BCUT2D eigenvalue weighted by molar-refractivity contribution is -0.129. The van der Waals surface area contributed by atoms with Crippen LogP contribution in [0.15, 0.2) is 23.1 Å². The number of amides is 1. The Bertz CT molecular complexity index is 808. The van der Waals surface area contributed by atoms with E-state index in [0.29, 0.717) is 4.47 Å². The molecule has 1 unspecified atom stereocenters. The highest BCUT2D eigenvalue weighted by Crippen LogP contribution is 2.26. The van der Waals surface area contributed by atoms with E-state index in [-0.39, 0.29) is 27.4 Å². The van der Waals surface area contributed by atoms with Gasteiger partial charge in [-0.25, -0.2) is 13.2 Å². The van der Waals surface area contributed by atoms with E-state index in [1.165, 1.54) is 33.2 Å². The molecular formula is C17H23ClN2O6S. The molecule has 0 radical (unpaired) electrons. The first kappa shape index (κ1) is 21.6. The van der Waals surface area contributed by atoms with Crippen LogP contribution < -0.4 is 5.32 Å². The molecule has 0 spiro atoms. The minimum atomic E-state index is -4.04. The number of halogens is 1. The summed E-state index contributed by atoms with van der Waals surface area (Å²) in [5.41, 5.74) is -0.0389.